The fraction of sp³-hybridized carbons (Fsp3) is 0.286. The summed E-state index contributed by atoms with van der Waals surface area (Å²) in [7, 11) is 1.88. The monoisotopic (exact) mass is 321 g/mol. The molecular formula is C14H12ClN3O2S. The summed E-state index contributed by atoms with van der Waals surface area (Å²) in [5, 5.41) is 3.67. The highest BCUT2D eigenvalue weighted by Crippen LogP contribution is 2.42. The molecule has 0 unspecified atom stereocenters. The van der Waals surface area contributed by atoms with Gasteiger partial charge in [-0.25, -0.2) is 9.97 Å². The molecule has 0 spiro atoms. The van der Waals surface area contributed by atoms with Gasteiger partial charge in [0.05, 0.1) is 10.7 Å². The molecule has 0 aliphatic carbocycles. The molecule has 1 aromatic heterocycles. The van der Waals surface area contributed by atoms with Gasteiger partial charge in [-0.2, -0.15) is 11.8 Å². The molecular weight excluding hydrogens is 310 g/mol. The van der Waals surface area contributed by atoms with E-state index in [0.29, 0.717) is 22.3 Å². The van der Waals surface area contributed by atoms with Crippen molar-refractivity contribution in [2.75, 3.05) is 19.2 Å². The molecule has 0 amide bonds. The lowest BCUT2D eigenvalue weighted by Gasteiger charge is -2.10. The molecule has 3 heterocycles. The largest absolute Gasteiger partial charge is 0.454 e. The Morgan fingerprint density at radius 2 is 2.14 bits per heavy atom. The second-order valence-corrected chi connectivity index (χ2v) is 6.15. The van der Waals surface area contributed by atoms with Crippen LogP contribution in [0.4, 0.5) is 5.82 Å². The number of rotatable bonds is 2. The molecule has 0 saturated heterocycles. The molecule has 108 valence electrons. The number of aromatic nitrogens is 2. The normalized spacial score (nSPS) is 15.1. The van der Waals surface area contributed by atoms with Crippen molar-refractivity contribution in [3.63, 3.8) is 0 Å². The van der Waals surface area contributed by atoms with Crippen LogP contribution in [-0.2, 0) is 11.5 Å². The van der Waals surface area contributed by atoms with Crippen LogP contribution in [0.3, 0.4) is 0 Å². The molecule has 7 heteroatoms. The summed E-state index contributed by atoms with van der Waals surface area (Å²) in [6.45, 7) is 0.196. The first-order valence-electron chi connectivity index (χ1n) is 6.51. The van der Waals surface area contributed by atoms with Crippen molar-refractivity contribution in [2.24, 2.45) is 0 Å². The van der Waals surface area contributed by atoms with Gasteiger partial charge in [-0.15, -0.1) is 0 Å². The zero-order valence-electron chi connectivity index (χ0n) is 11.3. The molecule has 2 aliphatic rings. The number of anilines is 1. The first-order valence-corrected chi connectivity index (χ1v) is 8.04. The Bertz CT molecular complexity index is 739. The maximum atomic E-state index is 6.24. The number of nitrogens with one attached hydrogen (secondary N) is 1. The van der Waals surface area contributed by atoms with Gasteiger partial charge < -0.3 is 14.8 Å². The highest BCUT2D eigenvalue weighted by molar-refractivity contribution is 7.98. The van der Waals surface area contributed by atoms with Gasteiger partial charge in [0.25, 0.3) is 0 Å². The summed E-state index contributed by atoms with van der Waals surface area (Å²) in [4.78, 5) is 9.28. The molecule has 0 saturated carbocycles. The van der Waals surface area contributed by atoms with Crippen molar-refractivity contribution in [3.05, 3.63) is 28.4 Å². The summed E-state index contributed by atoms with van der Waals surface area (Å²) >= 11 is 8.08. The van der Waals surface area contributed by atoms with Gasteiger partial charge in [0.15, 0.2) is 17.3 Å². The zero-order chi connectivity index (χ0) is 14.4. The van der Waals surface area contributed by atoms with Gasteiger partial charge in [0, 0.05) is 29.7 Å². The fourth-order valence-electron chi connectivity index (χ4n) is 2.48. The number of fused-ring (bicyclic) bond motifs is 2. The molecule has 1 N–H and O–H groups in total. The number of benzene rings is 1. The van der Waals surface area contributed by atoms with E-state index >= 15 is 0 Å². The van der Waals surface area contributed by atoms with E-state index in [4.69, 9.17) is 21.1 Å². The summed E-state index contributed by atoms with van der Waals surface area (Å²) < 4.78 is 10.7. The molecule has 5 nitrogen and oxygen atoms in total. The predicted octanol–water partition coefficient (Wildman–Crippen LogP) is 3.31. The van der Waals surface area contributed by atoms with E-state index < -0.39 is 0 Å². The van der Waals surface area contributed by atoms with Crippen molar-refractivity contribution in [1.82, 2.24) is 9.97 Å². The van der Waals surface area contributed by atoms with E-state index in [-0.39, 0.29) is 6.79 Å². The van der Waals surface area contributed by atoms with Gasteiger partial charge in [0.2, 0.25) is 6.79 Å². The van der Waals surface area contributed by atoms with Crippen molar-refractivity contribution < 1.29 is 9.47 Å². The van der Waals surface area contributed by atoms with Gasteiger partial charge in [-0.3, -0.25) is 0 Å². The SMILES string of the molecule is CNc1nc(-c2cc(Cl)c3c(c2)OCO3)nc2c1CSC2. The van der Waals surface area contributed by atoms with Crippen LogP contribution in [-0.4, -0.2) is 23.8 Å². The average molecular weight is 322 g/mol. The third-order valence-electron chi connectivity index (χ3n) is 3.50. The van der Waals surface area contributed by atoms with Crippen LogP contribution in [0.25, 0.3) is 11.4 Å². The van der Waals surface area contributed by atoms with Crippen LogP contribution in [0.1, 0.15) is 11.3 Å². The summed E-state index contributed by atoms with van der Waals surface area (Å²) in [5.41, 5.74) is 3.11. The lowest BCUT2D eigenvalue weighted by molar-refractivity contribution is 0.174. The minimum atomic E-state index is 0.196. The van der Waals surface area contributed by atoms with Crippen LogP contribution < -0.4 is 14.8 Å². The zero-order valence-corrected chi connectivity index (χ0v) is 12.8. The van der Waals surface area contributed by atoms with E-state index in [1.54, 1.807) is 0 Å². The molecule has 2 aliphatic heterocycles. The van der Waals surface area contributed by atoms with Crippen molar-refractivity contribution >= 4 is 29.2 Å². The van der Waals surface area contributed by atoms with Crippen LogP contribution in [0.2, 0.25) is 5.02 Å². The Hall–Kier alpha value is -1.66. The summed E-state index contributed by atoms with van der Waals surface area (Å²) in [6, 6.07) is 3.69. The van der Waals surface area contributed by atoms with Crippen LogP contribution >= 0.6 is 23.4 Å². The number of halogens is 1. The maximum Gasteiger partial charge on any atom is 0.231 e. The van der Waals surface area contributed by atoms with E-state index in [2.05, 4.69) is 15.3 Å². The molecule has 0 atom stereocenters. The second kappa shape index (κ2) is 4.96. The first kappa shape index (κ1) is 13.0. The molecule has 0 radical (unpaired) electrons. The molecule has 0 fully saturated rings. The van der Waals surface area contributed by atoms with E-state index in [1.807, 2.05) is 30.9 Å². The average Bonchev–Trinajstić information content (AvgIpc) is 3.14. The Kier molecular flexibility index (Phi) is 3.08. The molecule has 2 aromatic rings. The molecule has 1 aromatic carbocycles. The summed E-state index contributed by atoms with van der Waals surface area (Å²) in [5.74, 6) is 4.63. The molecule has 0 bridgehead atoms. The predicted molar refractivity (Wildman–Crippen MR) is 83.1 cm³/mol. The Morgan fingerprint density at radius 3 is 3.00 bits per heavy atom. The Labute approximate surface area is 131 Å². The quantitative estimate of drug-likeness (QED) is 0.915. The first-order chi connectivity index (χ1) is 10.3. The van der Waals surface area contributed by atoms with E-state index in [9.17, 15) is 0 Å². The minimum absolute atomic E-state index is 0.196. The second-order valence-electron chi connectivity index (χ2n) is 4.76. The number of nitrogens with zero attached hydrogens (tertiary/aromatic N) is 2. The Morgan fingerprint density at radius 1 is 1.24 bits per heavy atom. The van der Waals surface area contributed by atoms with Gasteiger partial charge in [0.1, 0.15) is 5.82 Å². The topological polar surface area (TPSA) is 56.3 Å². The molecule has 21 heavy (non-hydrogen) atoms. The number of ether oxygens (including phenoxy) is 2. The third-order valence-corrected chi connectivity index (χ3v) is 4.75. The lowest BCUT2D eigenvalue weighted by atomic mass is 10.1. The highest BCUT2D eigenvalue weighted by Gasteiger charge is 2.23. The van der Waals surface area contributed by atoms with Crippen LogP contribution in [0.5, 0.6) is 11.5 Å². The molecule has 4 rings (SSSR count). The van der Waals surface area contributed by atoms with E-state index in [1.165, 1.54) is 5.56 Å². The number of thioether (sulfide) groups is 1. The summed E-state index contributed by atoms with van der Waals surface area (Å²) in [6.07, 6.45) is 0. The number of hydrogen-bond donors (Lipinski definition) is 1. The van der Waals surface area contributed by atoms with Gasteiger partial charge in [-0.05, 0) is 12.1 Å². The number of hydrogen-bond acceptors (Lipinski definition) is 6. The standard InChI is InChI=1S/C14H12ClN3O2S/c1-16-14-8-4-21-5-10(8)17-13(18-14)7-2-9(15)12-11(3-7)19-6-20-12/h2-3H,4-6H2,1H3,(H,16,17,18). The van der Waals surface area contributed by atoms with Gasteiger partial charge >= 0.3 is 0 Å². The van der Waals surface area contributed by atoms with Crippen molar-refractivity contribution in [1.29, 1.82) is 0 Å². The van der Waals surface area contributed by atoms with Crippen LogP contribution in [0, 0.1) is 0 Å². The highest BCUT2D eigenvalue weighted by atomic mass is 35.5. The van der Waals surface area contributed by atoms with Crippen LogP contribution in [0.15, 0.2) is 12.1 Å². The van der Waals surface area contributed by atoms with Crippen molar-refractivity contribution in [3.8, 4) is 22.9 Å². The van der Waals surface area contributed by atoms with Gasteiger partial charge in [-0.1, -0.05) is 11.6 Å². The lowest BCUT2D eigenvalue weighted by Crippen LogP contribution is -2.03. The Balaban J connectivity index is 1.86. The smallest absolute Gasteiger partial charge is 0.231 e. The van der Waals surface area contributed by atoms with E-state index in [0.717, 1.165) is 28.6 Å². The fourth-order valence-corrected chi connectivity index (χ4v) is 3.79. The maximum absolute atomic E-state index is 6.24. The minimum Gasteiger partial charge on any atom is -0.454 e. The third kappa shape index (κ3) is 2.10. The van der Waals surface area contributed by atoms with Crippen molar-refractivity contribution in [2.45, 2.75) is 11.5 Å².